The molecule has 1 aromatic heterocycles. The summed E-state index contributed by atoms with van der Waals surface area (Å²) in [5.74, 6) is 0.00507. The maximum atomic E-state index is 12.2. The molecule has 0 bridgehead atoms. The average molecular weight is 275 g/mol. The normalized spacial score (nSPS) is 28.6. The van der Waals surface area contributed by atoms with Crippen LogP contribution < -0.4 is 5.32 Å². The third-order valence-corrected chi connectivity index (χ3v) is 4.48. The van der Waals surface area contributed by atoms with Crippen molar-refractivity contribution in [3.63, 3.8) is 0 Å². The van der Waals surface area contributed by atoms with Gasteiger partial charge < -0.3 is 10.4 Å². The van der Waals surface area contributed by atoms with Crippen molar-refractivity contribution >= 4 is 5.91 Å². The van der Waals surface area contributed by atoms with Crippen molar-refractivity contribution in [2.75, 3.05) is 0 Å². The molecule has 2 aliphatic carbocycles. The molecule has 0 radical (unpaired) electrons. The van der Waals surface area contributed by atoms with Crippen LogP contribution in [0.4, 0.5) is 0 Å². The molecule has 2 fully saturated rings. The van der Waals surface area contributed by atoms with Gasteiger partial charge in [-0.15, -0.1) is 0 Å². The Morgan fingerprint density at radius 2 is 2.25 bits per heavy atom. The van der Waals surface area contributed by atoms with Crippen LogP contribution in [-0.4, -0.2) is 32.9 Å². The van der Waals surface area contributed by atoms with Crippen LogP contribution in [0.3, 0.4) is 0 Å². The lowest BCUT2D eigenvalue weighted by atomic mass is 9.82. The van der Waals surface area contributed by atoms with Gasteiger partial charge in [0.05, 0.1) is 24.4 Å². The number of carbonyl (C=O) groups is 1. The van der Waals surface area contributed by atoms with Gasteiger partial charge >= 0.3 is 0 Å². The van der Waals surface area contributed by atoms with E-state index in [-0.39, 0.29) is 18.0 Å². The van der Waals surface area contributed by atoms with E-state index in [1.807, 2.05) is 20.0 Å². The van der Waals surface area contributed by atoms with Crippen molar-refractivity contribution in [1.29, 1.82) is 0 Å². The number of amides is 1. The zero-order valence-electron chi connectivity index (χ0n) is 12.0. The predicted octanol–water partition coefficient (Wildman–Crippen LogP) is 1.48. The Labute approximate surface area is 118 Å². The summed E-state index contributed by atoms with van der Waals surface area (Å²) in [5, 5.41) is 17.2. The van der Waals surface area contributed by atoms with E-state index < -0.39 is 6.10 Å². The van der Waals surface area contributed by atoms with E-state index in [0.717, 1.165) is 24.0 Å². The van der Waals surface area contributed by atoms with Gasteiger partial charge in [-0.3, -0.25) is 9.48 Å². The molecular weight excluding hydrogens is 254 g/mol. The summed E-state index contributed by atoms with van der Waals surface area (Å²) in [6.07, 6.45) is 7.13. The number of aliphatic hydroxyl groups excluding tert-OH is 1. The summed E-state index contributed by atoms with van der Waals surface area (Å²) < 4.78 is 1.76. The van der Waals surface area contributed by atoms with Gasteiger partial charge in [0.25, 0.3) is 0 Å². The minimum absolute atomic E-state index is 0.00507. The van der Waals surface area contributed by atoms with Gasteiger partial charge in [-0.1, -0.05) is 5.57 Å². The van der Waals surface area contributed by atoms with Crippen LogP contribution >= 0.6 is 0 Å². The first kappa shape index (κ1) is 13.4. The minimum Gasteiger partial charge on any atom is -0.391 e. The lowest BCUT2D eigenvalue weighted by Gasteiger charge is -2.42. The van der Waals surface area contributed by atoms with E-state index >= 15 is 0 Å². The van der Waals surface area contributed by atoms with E-state index in [4.69, 9.17) is 0 Å². The van der Waals surface area contributed by atoms with Gasteiger partial charge in [0, 0.05) is 11.8 Å². The fraction of sp³-hybridized carbons (Fsp3) is 0.600. The summed E-state index contributed by atoms with van der Waals surface area (Å²) in [6, 6.07) is -0.181. The number of hydrogen-bond acceptors (Lipinski definition) is 3. The van der Waals surface area contributed by atoms with Crippen LogP contribution in [0.5, 0.6) is 0 Å². The maximum absolute atomic E-state index is 12.2. The number of aryl methyl sites for hydroxylation is 1. The predicted molar refractivity (Wildman–Crippen MR) is 75.1 cm³/mol. The number of nitrogens with one attached hydrogen (secondary N) is 1. The van der Waals surface area contributed by atoms with Gasteiger partial charge in [-0.2, -0.15) is 5.10 Å². The second-order valence-corrected chi connectivity index (χ2v) is 5.95. The quantitative estimate of drug-likeness (QED) is 0.821. The minimum atomic E-state index is -0.434. The van der Waals surface area contributed by atoms with Crippen molar-refractivity contribution in [1.82, 2.24) is 15.1 Å². The standard InChI is InChI=1S/C15H21N3O2/c1-9-7-16-18(8-9)14-12(6-13(14)19)17-15(20)10(2)11-4-3-5-11/h7-8,12-14,19H,3-6H2,1-2H3,(H,17,20)/t12-,13+,14+/m0/s1. The molecule has 20 heavy (non-hydrogen) atoms. The van der Waals surface area contributed by atoms with E-state index in [9.17, 15) is 9.90 Å². The summed E-state index contributed by atoms with van der Waals surface area (Å²) >= 11 is 0. The molecule has 1 aromatic rings. The van der Waals surface area contributed by atoms with E-state index in [1.165, 1.54) is 12.0 Å². The Kier molecular flexibility index (Phi) is 3.38. The number of aromatic nitrogens is 2. The van der Waals surface area contributed by atoms with Gasteiger partial charge in [-0.05, 0) is 45.1 Å². The van der Waals surface area contributed by atoms with E-state index in [1.54, 1.807) is 10.9 Å². The van der Waals surface area contributed by atoms with Crippen LogP contribution in [-0.2, 0) is 4.79 Å². The molecule has 5 nitrogen and oxygen atoms in total. The average Bonchev–Trinajstić information content (AvgIpc) is 2.71. The third-order valence-electron chi connectivity index (χ3n) is 4.48. The van der Waals surface area contributed by atoms with E-state index in [2.05, 4.69) is 10.4 Å². The lowest BCUT2D eigenvalue weighted by molar-refractivity contribution is -0.121. The van der Waals surface area contributed by atoms with Crippen LogP contribution in [0.25, 0.3) is 0 Å². The Morgan fingerprint density at radius 3 is 2.75 bits per heavy atom. The smallest absolute Gasteiger partial charge is 0.247 e. The first-order valence-corrected chi connectivity index (χ1v) is 7.24. The second kappa shape index (κ2) is 5.05. The topological polar surface area (TPSA) is 67.2 Å². The number of allylic oxidation sites excluding steroid dienone is 1. The van der Waals surface area contributed by atoms with Crippen LogP contribution in [0.1, 0.15) is 44.2 Å². The van der Waals surface area contributed by atoms with Crippen molar-refractivity contribution < 1.29 is 9.90 Å². The zero-order chi connectivity index (χ0) is 14.3. The summed E-state index contributed by atoms with van der Waals surface area (Å²) in [7, 11) is 0. The first-order valence-electron chi connectivity index (χ1n) is 7.24. The number of nitrogens with zero attached hydrogens (tertiary/aromatic N) is 2. The Morgan fingerprint density at radius 1 is 1.50 bits per heavy atom. The Hall–Kier alpha value is -1.62. The van der Waals surface area contributed by atoms with Crippen molar-refractivity contribution in [3.8, 4) is 0 Å². The number of hydrogen-bond donors (Lipinski definition) is 2. The highest BCUT2D eigenvalue weighted by molar-refractivity contribution is 5.94. The van der Waals surface area contributed by atoms with E-state index in [0.29, 0.717) is 6.42 Å². The molecule has 2 saturated carbocycles. The second-order valence-electron chi connectivity index (χ2n) is 5.95. The molecule has 0 saturated heterocycles. The Bertz CT molecular complexity index is 555. The first-order chi connectivity index (χ1) is 9.56. The molecule has 3 atom stereocenters. The molecule has 0 aromatic carbocycles. The van der Waals surface area contributed by atoms with Crippen molar-refractivity contribution in [2.24, 2.45) is 0 Å². The molecule has 2 N–H and O–H groups in total. The van der Waals surface area contributed by atoms with Gasteiger partial charge in [-0.25, -0.2) is 0 Å². The molecule has 0 aliphatic heterocycles. The van der Waals surface area contributed by atoms with Crippen molar-refractivity contribution in [3.05, 3.63) is 29.1 Å². The highest BCUT2D eigenvalue weighted by Crippen LogP contribution is 2.33. The summed E-state index contributed by atoms with van der Waals surface area (Å²) in [4.78, 5) is 12.2. The Balaban J connectivity index is 1.67. The van der Waals surface area contributed by atoms with Crippen LogP contribution in [0, 0.1) is 6.92 Å². The third kappa shape index (κ3) is 2.26. The maximum Gasteiger partial charge on any atom is 0.247 e. The molecule has 1 heterocycles. The summed E-state index contributed by atoms with van der Waals surface area (Å²) in [6.45, 7) is 3.86. The molecule has 5 heteroatoms. The molecular formula is C15H21N3O2. The largest absolute Gasteiger partial charge is 0.391 e. The highest BCUT2D eigenvalue weighted by Gasteiger charge is 2.43. The molecule has 0 unspecified atom stereocenters. The molecule has 1 amide bonds. The monoisotopic (exact) mass is 275 g/mol. The number of rotatable bonds is 3. The fourth-order valence-electron chi connectivity index (χ4n) is 2.88. The van der Waals surface area contributed by atoms with Crippen molar-refractivity contribution in [2.45, 2.75) is 57.7 Å². The lowest BCUT2D eigenvalue weighted by Crippen LogP contribution is -2.56. The van der Waals surface area contributed by atoms with Gasteiger partial charge in [0.2, 0.25) is 5.91 Å². The fourth-order valence-corrected chi connectivity index (χ4v) is 2.88. The molecule has 108 valence electrons. The number of carbonyl (C=O) groups excluding carboxylic acids is 1. The number of aliphatic hydroxyl groups is 1. The highest BCUT2D eigenvalue weighted by atomic mass is 16.3. The van der Waals surface area contributed by atoms with Gasteiger partial charge in [0.1, 0.15) is 0 Å². The zero-order valence-corrected chi connectivity index (χ0v) is 12.0. The molecule has 3 rings (SSSR count). The summed E-state index contributed by atoms with van der Waals surface area (Å²) in [5.41, 5.74) is 3.18. The molecule has 2 aliphatic rings. The molecule has 0 spiro atoms. The SMILES string of the molecule is CC(C(=O)N[C@H]1C[C@@H](O)[C@@H]1n1cc(C)cn1)=C1CCC1. The van der Waals surface area contributed by atoms with Crippen LogP contribution in [0.15, 0.2) is 23.5 Å². The van der Waals surface area contributed by atoms with Gasteiger partial charge in [0.15, 0.2) is 0 Å². The van der Waals surface area contributed by atoms with Crippen LogP contribution in [0.2, 0.25) is 0 Å².